The lowest BCUT2D eigenvalue weighted by Crippen LogP contribution is -2.40. The SMILES string of the molecule is CCNC(=O)CN(CC)C(=O)CCOc1ccccc1OC. The molecule has 0 aliphatic heterocycles. The highest BCUT2D eigenvalue weighted by Crippen LogP contribution is 2.25. The van der Waals surface area contributed by atoms with Crippen LogP contribution in [0.5, 0.6) is 11.5 Å². The van der Waals surface area contributed by atoms with Crippen molar-refractivity contribution in [2.24, 2.45) is 0 Å². The summed E-state index contributed by atoms with van der Waals surface area (Å²) in [6, 6.07) is 7.27. The molecule has 0 saturated carbocycles. The van der Waals surface area contributed by atoms with E-state index in [1.807, 2.05) is 26.0 Å². The third kappa shape index (κ3) is 5.63. The number of amides is 2. The van der Waals surface area contributed by atoms with Crippen molar-refractivity contribution in [2.75, 3.05) is 33.4 Å². The van der Waals surface area contributed by atoms with Crippen molar-refractivity contribution in [2.45, 2.75) is 20.3 Å². The van der Waals surface area contributed by atoms with Crippen LogP contribution in [-0.2, 0) is 9.59 Å². The lowest BCUT2D eigenvalue weighted by atomic mass is 10.3. The smallest absolute Gasteiger partial charge is 0.239 e. The molecule has 0 aliphatic carbocycles. The summed E-state index contributed by atoms with van der Waals surface area (Å²) in [5.74, 6) is 0.973. The fraction of sp³-hybridized carbons (Fsp3) is 0.500. The van der Waals surface area contributed by atoms with Gasteiger partial charge in [-0.2, -0.15) is 0 Å². The molecule has 22 heavy (non-hydrogen) atoms. The molecule has 0 bridgehead atoms. The van der Waals surface area contributed by atoms with Gasteiger partial charge in [0, 0.05) is 13.1 Å². The van der Waals surface area contributed by atoms with Crippen molar-refractivity contribution in [1.29, 1.82) is 0 Å². The molecule has 0 radical (unpaired) electrons. The molecule has 0 fully saturated rings. The van der Waals surface area contributed by atoms with Crippen molar-refractivity contribution in [3.63, 3.8) is 0 Å². The molecule has 122 valence electrons. The van der Waals surface area contributed by atoms with Crippen molar-refractivity contribution < 1.29 is 19.1 Å². The summed E-state index contributed by atoms with van der Waals surface area (Å²) in [6.45, 7) is 5.06. The summed E-state index contributed by atoms with van der Waals surface area (Å²) < 4.78 is 10.8. The fourth-order valence-corrected chi connectivity index (χ4v) is 1.95. The zero-order valence-electron chi connectivity index (χ0n) is 13.4. The normalized spacial score (nSPS) is 9.95. The van der Waals surface area contributed by atoms with Crippen molar-refractivity contribution in [1.82, 2.24) is 10.2 Å². The van der Waals surface area contributed by atoms with E-state index in [0.29, 0.717) is 24.6 Å². The van der Waals surface area contributed by atoms with Gasteiger partial charge in [-0.1, -0.05) is 12.1 Å². The first kappa shape index (κ1) is 17.8. The second-order valence-electron chi connectivity index (χ2n) is 4.61. The van der Waals surface area contributed by atoms with Gasteiger partial charge in [-0.05, 0) is 26.0 Å². The van der Waals surface area contributed by atoms with E-state index in [4.69, 9.17) is 9.47 Å². The van der Waals surface area contributed by atoms with E-state index in [1.54, 1.807) is 19.2 Å². The summed E-state index contributed by atoms with van der Waals surface area (Å²) in [5.41, 5.74) is 0. The quantitative estimate of drug-likeness (QED) is 0.750. The Morgan fingerprint density at radius 3 is 2.45 bits per heavy atom. The summed E-state index contributed by atoms with van der Waals surface area (Å²) in [4.78, 5) is 25.1. The number of hydrogen-bond donors (Lipinski definition) is 1. The summed E-state index contributed by atoms with van der Waals surface area (Å²) >= 11 is 0. The molecule has 0 spiro atoms. The first-order chi connectivity index (χ1) is 10.6. The molecular formula is C16H24N2O4. The maximum Gasteiger partial charge on any atom is 0.239 e. The number of carbonyl (C=O) groups is 2. The average Bonchev–Trinajstić information content (AvgIpc) is 2.53. The summed E-state index contributed by atoms with van der Waals surface area (Å²) in [7, 11) is 1.57. The van der Waals surface area contributed by atoms with E-state index in [1.165, 1.54) is 4.90 Å². The van der Waals surface area contributed by atoms with E-state index in [2.05, 4.69) is 5.32 Å². The number of nitrogens with one attached hydrogen (secondary N) is 1. The molecule has 0 atom stereocenters. The van der Waals surface area contributed by atoms with Crippen molar-refractivity contribution in [3.8, 4) is 11.5 Å². The highest BCUT2D eigenvalue weighted by molar-refractivity contribution is 5.84. The Labute approximate surface area is 131 Å². The maximum atomic E-state index is 12.1. The Bertz CT molecular complexity index is 491. The van der Waals surface area contributed by atoms with E-state index >= 15 is 0 Å². The Morgan fingerprint density at radius 1 is 1.18 bits per heavy atom. The first-order valence-corrected chi connectivity index (χ1v) is 7.42. The van der Waals surface area contributed by atoms with Crippen LogP contribution >= 0.6 is 0 Å². The molecule has 0 aromatic heterocycles. The number of carbonyl (C=O) groups excluding carboxylic acids is 2. The number of para-hydroxylation sites is 2. The van der Waals surface area contributed by atoms with Gasteiger partial charge < -0.3 is 19.7 Å². The topological polar surface area (TPSA) is 67.9 Å². The predicted octanol–water partition coefficient (Wildman–Crippen LogP) is 1.45. The molecule has 0 heterocycles. The fourth-order valence-electron chi connectivity index (χ4n) is 1.95. The second-order valence-corrected chi connectivity index (χ2v) is 4.61. The highest BCUT2D eigenvalue weighted by atomic mass is 16.5. The van der Waals surface area contributed by atoms with Gasteiger partial charge in [0.05, 0.1) is 26.7 Å². The van der Waals surface area contributed by atoms with Crippen LogP contribution in [0.3, 0.4) is 0 Å². The van der Waals surface area contributed by atoms with Crippen LogP contribution in [0, 0.1) is 0 Å². The van der Waals surface area contributed by atoms with Crippen LogP contribution in [0.1, 0.15) is 20.3 Å². The molecule has 2 amide bonds. The molecule has 1 N–H and O–H groups in total. The average molecular weight is 308 g/mol. The Balaban J connectivity index is 2.45. The minimum absolute atomic E-state index is 0.0812. The van der Waals surface area contributed by atoms with Gasteiger partial charge in [-0.3, -0.25) is 9.59 Å². The van der Waals surface area contributed by atoms with Crippen molar-refractivity contribution in [3.05, 3.63) is 24.3 Å². The number of likely N-dealkylation sites (N-methyl/N-ethyl adjacent to an activating group) is 2. The van der Waals surface area contributed by atoms with Gasteiger partial charge in [0.15, 0.2) is 11.5 Å². The Kier molecular flexibility index (Phi) is 7.81. The number of nitrogens with zero attached hydrogens (tertiary/aromatic N) is 1. The van der Waals surface area contributed by atoms with Crippen LogP contribution in [0.2, 0.25) is 0 Å². The van der Waals surface area contributed by atoms with Crippen LogP contribution < -0.4 is 14.8 Å². The van der Waals surface area contributed by atoms with Gasteiger partial charge >= 0.3 is 0 Å². The molecule has 1 aromatic rings. The highest BCUT2D eigenvalue weighted by Gasteiger charge is 2.15. The molecule has 0 saturated heterocycles. The van der Waals surface area contributed by atoms with Crippen LogP contribution in [0.15, 0.2) is 24.3 Å². The maximum absolute atomic E-state index is 12.1. The second kappa shape index (κ2) is 9.65. The summed E-state index contributed by atoms with van der Waals surface area (Å²) in [5, 5.41) is 2.68. The predicted molar refractivity (Wildman–Crippen MR) is 84.0 cm³/mol. The molecule has 6 nitrogen and oxygen atoms in total. The molecule has 0 aliphatic rings. The lowest BCUT2D eigenvalue weighted by Gasteiger charge is -2.20. The Morgan fingerprint density at radius 2 is 1.86 bits per heavy atom. The number of methoxy groups -OCH3 is 1. The minimum Gasteiger partial charge on any atom is -0.493 e. The third-order valence-electron chi connectivity index (χ3n) is 3.09. The summed E-state index contributed by atoms with van der Waals surface area (Å²) in [6.07, 6.45) is 0.214. The van der Waals surface area contributed by atoms with E-state index in [9.17, 15) is 9.59 Å². The van der Waals surface area contributed by atoms with E-state index in [0.717, 1.165) is 0 Å². The molecule has 1 aromatic carbocycles. The number of rotatable bonds is 9. The molecular weight excluding hydrogens is 284 g/mol. The van der Waals surface area contributed by atoms with Crippen LogP contribution in [0.25, 0.3) is 0 Å². The van der Waals surface area contributed by atoms with Gasteiger partial charge in [0.25, 0.3) is 0 Å². The molecule has 1 rings (SSSR count). The van der Waals surface area contributed by atoms with Crippen LogP contribution in [0.4, 0.5) is 0 Å². The number of benzene rings is 1. The lowest BCUT2D eigenvalue weighted by molar-refractivity contribution is -0.136. The van der Waals surface area contributed by atoms with Gasteiger partial charge in [-0.25, -0.2) is 0 Å². The minimum atomic E-state index is -0.150. The molecule has 0 unspecified atom stereocenters. The zero-order chi connectivity index (χ0) is 16.4. The third-order valence-corrected chi connectivity index (χ3v) is 3.09. The van der Waals surface area contributed by atoms with Gasteiger partial charge in [0.1, 0.15) is 0 Å². The first-order valence-electron chi connectivity index (χ1n) is 7.42. The monoisotopic (exact) mass is 308 g/mol. The van der Waals surface area contributed by atoms with Crippen LogP contribution in [-0.4, -0.2) is 50.1 Å². The molecule has 6 heteroatoms. The Hall–Kier alpha value is -2.24. The van der Waals surface area contributed by atoms with E-state index < -0.39 is 0 Å². The number of hydrogen-bond acceptors (Lipinski definition) is 4. The zero-order valence-corrected chi connectivity index (χ0v) is 13.4. The number of ether oxygens (including phenoxy) is 2. The van der Waals surface area contributed by atoms with Gasteiger partial charge in [-0.15, -0.1) is 0 Å². The standard InChI is InChI=1S/C16H24N2O4/c1-4-17-15(19)12-18(5-2)16(20)10-11-22-14-9-7-6-8-13(14)21-3/h6-9H,4-5,10-12H2,1-3H3,(H,17,19). The van der Waals surface area contributed by atoms with Gasteiger partial charge in [0.2, 0.25) is 11.8 Å². The van der Waals surface area contributed by atoms with Crippen molar-refractivity contribution >= 4 is 11.8 Å². The largest absolute Gasteiger partial charge is 0.493 e. The van der Waals surface area contributed by atoms with E-state index in [-0.39, 0.29) is 31.4 Å².